The maximum absolute atomic E-state index is 11.0. The van der Waals surface area contributed by atoms with Gasteiger partial charge in [-0.05, 0) is 86.7 Å². The zero-order chi connectivity index (χ0) is 13.9. The second-order valence-electron chi connectivity index (χ2n) is 7.81. The fraction of sp³-hybridized carbons (Fsp3) is 0.684. The van der Waals surface area contributed by atoms with E-state index >= 15 is 0 Å². The quantitative estimate of drug-likeness (QED) is 0.844. The number of aliphatic hydroxyl groups excluding tert-OH is 1. The molecule has 1 heteroatoms. The Kier molecular flexibility index (Phi) is 2.96. The minimum absolute atomic E-state index is 0.231. The molecular weight excluding hydrogens is 244 g/mol. The van der Waals surface area contributed by atoms with E-state index in [0.717, 1.165) is 23.7 Å². The maximum atomic E-state index is 11.0. The third-order valence-electron chi connectivity index (χ3n) is 6.41. The first-order valence-electron chi connectivity index (χ1n) is 8.37. The van der Waals surface area contributed by atoms with Crippen LogP contribution in [-0.4, -0.2) is 5.11 Å². The van der Waals surface area contributed by atoms with E-state index < -0.39 is 0 Å². The Labute approximate surface area is 122 Å². The van der Waals surface area contributed by atoms with Crippen molar-refractivity contribution in [2.75, 3.05) is 0 Å². The highest BCUT2D eigenvalue weighted by Crippen LogP contribution is 2.59. The fourth-order valence-electron chi connectivity index (χ4n) is 5.85. The molecule has 1 N–H and O–H groups in total. The van der Waals surface area contributed by atoms with Crippen LogP contribution >= 0.6 is 0 Å². The zero-order valence-corrected chi connectivity index (χ0v) is 12.7. The number of rotatable bonds is 2. The van der Waals surface area contributed by atoms with Crippen LogP contribution in [0.5, 0.6) is 0 Å². The van der Waals surface area contributed by atoms with E-state index in [2.05, 4.69) is 32.0 Å². The SMILES string of the molecule is Cc1ccc(C(O)C2C3CC4CC(C3)CC2C4)c(C)c1. The summed E-state index contributed by atoms with van der Waals surface area (Å²) in [6.07, 6.45) is 6.81. The van der Waals surface area contributed by atoms with E-state index in [9.17, 15) is 5.11 Å². The van der Waals surface area contributed by atoms with Gasteiger partial charge in [0.1, 0.15) is 0 Å². The van der Waals surface area contributed by atoms with E-state index in [-0.39, 0.29) is 6.10 Å². The van der Waals surface area contributed by atoms with Crippen LogP contribution in [0.25, 0.3) is 0 Å². The van der Waals surface area contributed by atoms with Gasteiger partial charge in [0.2, 0.25) is 0 Å². The van der Waals surface area contributed by atoms with Crippen molar-refractivity contribution in [1.29, 1.82) is 0 Å². The van der Waals surface area contributed by atoms with Crippen LogP contribution in [0.3, 0.4) is 0 Å². The van der Waals surface area contributed by atoms with Gasteiger partial charge in [0.15, 0.2) is 0 Å². The number of aliphatic hydroxyl groups is 1. The molecule has 0 radical (unpaired) electrons. The topological polar surface area (TPSA) is 20.2 Å². The summed E-state index contributed by atoms with van der Waals surface area (Å²) in [7, 11) is 0. The molecule has 108 valence electrons. The normalized spacial score (nSPS) is 40.0. The van der Waals surface area contributed by atoms with Crippen LogP contribution in [0.4, 0.5) is 0 Å². The van der Waals surface area contributed by atoms with Gasteiger partial charge < -0.3 is 5.11 Å². The second kappa shape index (κ2) is 4.59. The minimum atomic E-state index is -0.231. The lowest BCUT2D eigenvalue weighted by molar-refractivity contribution is -0.0909. The molecule has 1 nitrogen and oxygen atoms in total. The summed E-state index contributed by atoms with van der Waals surface area (Å²) >= 11 is 0. The van der Waals surface area contributed by atoms with Crippen molar-refractivity contribution in [3.8, 4) is 0 Å². The minimum Gasteiger partial charge on any atom is -0.388 e. The third-order valence-corrected chi connectivity index (χ3v) is 6.41. The highest BCUT2D eigenvalue weighted by molar-refractivity contribution is 5.32. The van der Waals surface area contributed by atoms with Crippen molar-refractivity contribution in [2.45, 2.75) is 52.1 Å². The Morgan fingerprint density at radius 1 is 0.950 bits per heavy atom. The molecule has 1 atom stereocenters. The van der Waals surface area contributed by atoms with Crippen molar-refractivity contribution in [3.05, 3.63) is 34.9 Å². The Bertz CT molecular complexity index is 490. The lowest BCUT2D eigenvalue weighted by Gasteiger charge is -2.55. The van der Waals surface area contributed by atoms with Gasteiger partial charge in [0, 0.05) is 0 Å². The van der Waals surface area contributed by atoms with Gasteiger partial charge in [-0.2, -0.15) is 0 Å². The average molecular weight is 270 g/mol. The van der Waals surface area contributed by atoms with E-state index in [0.29, 0.717) is 5.92 Å². The zero-order valence-electron chi connectivity index (χ0n) is 12.7. The molecule has 4 bridgehead atoms. The average Bonchev–Trinajstić information content (AvgIpc) is 2.37. The molecule has 4 saturated carbocycles. The predicted molar refractivity (Wildman–Crippen MR) is 81.4 cm³/mol. The van der Waals surface area contributed by atoms with E-state index in [1.807, 2.05) is 0 Å². The number of benzene rings is 1. The fourth-order valence-corrected chi connectivity index (χ4v) is 5.85. The van der Waals surface area contributed by atoms with Crippen LogP contribution in [0, 0.1) is 43.4 Å². The van der Waals surface area contributed by atoms with Crippen molar-refractivity contribution >= 4 is 0 Å². The molecule has 1 aromatic carbocycles. The van der Waals surface area contributed by atoms with E-state index in [4.69, 9.17) is 0 Å². The monoisotopic (exact) mass is 270 g/mol. The summed E-state index contributed by atoms with van der Waals surface area (Å²) in [4.78, 5) is 0. The number of aryl methyl sites for hydroxylation is 2. The molecule has 5 rings (SSSR count). The molecule has 1 aromatic rings. The molecule has 0 heterocycles. The molecular formula is C19H26O. The molecule has 0 aliphatic heterocycles. The first kappa shape index (κ1) is 12.9. The standard InChI is InChI=1S/C19H26O/c1-11-3-4-17(12(2)5-11)19(20)18-15-7-13-6-14(9-15)10-16(18)8-13/h3-5,13-16,18-20H,6-10H2,1-2H3. The summed E-state index contributed by atoms with van der Waals surface area (Å²) in [5.41, 5.74) is 3.75. The van der Waals surface area contributed by atoms with Crippen molar-refractivity contribution < 1.29 is 5.11 Å². The number of hydrogen-bond acceptors (Lipinski definition) is 1. The molecule has 4 fully saturated rings. The summed E-state index contributed by atoms with van der Waals surface area (Å²) in [6, 6.07) is 6.54. The van der Waals surface area contributed by atoms with E-state index in [1.54, 1.807) is 0 Å². The van der Waals surface area contributed by atoms with Gasteiger partial charge in [-0.15, -0.1) is 0 Å². The molecule has 0 amide bonds. The van der Waals surface area contributed by atoms with Gasteiger partial charge in [0.25, 0.3) is 0 Å². The van der Waals surface area contributed by atoms with Gasteiger partial charge in [-0.25, -0.2) is 0 Å². The van der Waals surface area contributed by atoms with Gasteiger partial charge in [-0.1, -0.05) is 23.8 Å². The van der Waals surface area contributed by atoms with Crippen LogP contribution < -0.4 is 0 Å². The summed E-state index contributed by atoms with van der Waals surface area (Å²) in [6.45, 7) is 4.29. The lowest BCUT2D eigenvalue weighted by atomic mass is 9.50. The lowest BCUT2D eigenvalue weighted by Crippen LogP contribution is -2.47. The molecule has 0 saturated heterocycles. The van der Waals surface area contributed by atoms with Gasteiger partial charge in [0.05, 0.1) is 6.10 Å². The summed E-state index contributed by atoms with van der Waals surface area (Å²) in [5, 5.41) is 11.0. The largest absolute Gasteiger partial charge is 0.388 e. The predicted octanol–water partition coefficient (Wildman–Crippen LogP) is 4.41. The van der Waals surface area contributed by atoms with Crippen LogP contribution in [0.1, 0.15) is 54.9 Å². The molecule has 20 heavy (non-hydrogen) atoms. The van der Waals surface area contributed by atoms with Crippen molar-refractivity contribution in [1.82, 2.24) is 0 Å². The van der Waals surface area contributed by atoms with Crippen molar-refractivity contribution in [3.63, 3.8) is 0 Å². The van der Waals surface area contributed by atoms with Crippen LogP contribution in [0.2, 0.25) is 0 Å². The summed E-state index contributed by atoms with van der Waals surface area (Å²) < 4.78 is 0. The van der Waals surface area contributed by atoms with Gasteiger partial charge >= 0.3 is 0 Å². The smallest absolute Gasteiger partial charge is 0.0826 e. The van der Waals surface area contributed by atoms with E-state index in [1.165, 1.54) is 48.8 Å². The highest BCUT2D eigenvalue weighted by atomic mass is 16.3. The highest BCUT2D eigenvalue weighted by Gasteiger charge is 2.50. The Hall–Kier alpha value is -0.820. The van der Waals surface area contributed by atoms with Crippen molar-refractivity contribution in [2.24, 2.45) is 29.6 Å². The molecule has 0 aromatic heterocycles. The number of hydrogen-bond donors (Lipinski definition) is 1. The summed E-state index contributed by atoms with van der Waals surface area (Å²) in [5.74, 6) is 4.09. The first-order valence-corrected chi connectivity index (χ1v) is 8.37. The van der Waals surface area contributed by atoms with Crippen LogP contribution in [-0.2, 0) is 0 Å². The Morgan fingerprint density at radius 3 is 2.10 bits per heavy atom. The molecule has 1 unspecified atom stereocenters. The first-order chi connectivity index (χ1) is 9.61. The van der Waals surface area contributed by atoms with Crippen LogP contribution in [0.15, 0.2) is 18.2 Å². The maximum Gasteiger partial charge on any atom is 0.0826 e. The Balaban J connectivity index is 1.63. The molecule has 4 aliphatic rings. The third kappa shape index (κ3) is 1.94. The molecule has 4 aliphatic carbocycles. The Morgan fingerprint density at radius 2 is 1.55 bits per heavy atom. The molecule has 0 spiro atoms. The van der Waals surface area contributed by atoms with Gasteiger partial charge in [-0.3, -0.25) is 0 Å². The second-order valence-corrected chi connectivity index (χ2v) is 7.81.